The monoisotopic (exact) mass is 309 g/mol. The molecule has 0 atom stereocenters. The zero-order chi connectivity index (χ0) is 15.4. The minimum absolute atomic E-state index is 0.0434. The fourth-order valence-corrected chi connectivity index (χ4v) is 2.59. The van der Waals surface area contributed by atoms with E-state index < -0.39 is 0 Å². The lowest BCUT2D eigenvalue weighted by Gasteiger charge is -2.35. The molecule has 0 aliphatic carbocycles. The van der Waals surface area contributed by atoms with Gasteiger partial charge in [-0.2, -0.15) is 0 Å². The van der Waals surface area contributed by atoms with Crippen molar-refractivity contribution < 1.29 is 4.79 Å². The van der Waals surface area contributed by atoms with Crippen LogP contribution in [0.2, 0.25) is 5.02 Å². The highest BCUT2D eigenvalue weighted by molar-refractivity contribution is 6.33. The number of nitrogen functional groups attached to an aromatic ring is 1. The molecule has 0 unspecified atom stereocenters. The van der Waals surface area contributed by atoms with E-state index in [1.165, 1.54) is 6.42 Å². The summed E-state index contributed by atoms with van der Waals surface area (Å²) >= 11 is 5.89. The fraction of sp³-hybridized carbons (Fsp3) is 0.562. The Hall–Kier alpha value is -1.26. The maximum Gasteiger partial charge on any atom is 0.254 e. The number of halogens is 1. The SMILES string of the molecule is CC(C)CCN1CCN(C(=O)c2ccc(Cl)c(N)c2)CC1. The van der Waals surface area contributed by atoms with Gasteiger partial charge in [0.1, 0.15) is 0 Å². The molecule has 116 valence electrons. The molecule has 1 aromatic carbocycles. The van der Waals surface area contributed by atoms with Gasteiger partial charge in [0.05, 0.1) is 10.7 Å². The van der Waals surface area contributed by atoms with Crippen LogP contribution in [0.3, 0.4) is 0 Å². The van der Waals surface area contributed by atoms with Crippen molar-refractivity contribution in [1.29, 1.82) is 0 Å². The van der Waals surface area contributed by atoms with Crippen molar-refractivity contribution in [3.63, 3.8) is 0 Å². The number of nitrogens with two attached hydrogens (primary N) is 1. The topological polar surface area (TPSA) is 49.6 Å². The number of carbonyl (C=O) groups excluding carboxylic acids is 1. The van der Waals surface area contributed by atoms with Gasteiger partial charge in [-0.1, -0.05) is 25.4 Å². The van der Waals surface area contributed by atoms with Gasteiger partial charge in [-0.3, -0.25) is 9.69 Å². The summed E-state index contributed by atoms with van der Waals surface area (Å²) in [6, 6.07) is 5.09. The summed E-state index contributed by atoms with van der Waals surface area (Å²) in [7, 11) is 0. The summed E-state index contributed by atoms with van der Waals surface area (Å²) in [6.07, 6.45) is 1.21. The van der Waals surface area contributed by atoms with Gasteiger partial charge < -0.3 is 10.6 Å². The van der Waals surface area contributed by atoms with Crippen molar-refractivity contribution in [3.8, 4) is 0 Å². The predicted octanol–water partition coefficient (Wildman–Crippen LogP) is 2.73. The first-order valence-corrected chi connectivity index (χ1v) is 7.92. The van der Waals surface area contributed by atoms with Crippen LogP contribution in [-0.4, -0.2) is 48.4 Å². The van der Waals surface area contributed by atoms with Crippen LogP contribution in [0.5, 0.6) is 0 Å². The third-order valence-corrected chi connectivity index (χ3v) is 4.27. The highest BCUT2D eigenvalue weighted by Gasteiger charge is 2.22. The Kier molecular flexibility index (Phi) is 5.48. The van der Waals surface area contributed by atoms with Crippen LogP contribution in [-0.2, 0) is 0 Å². The number of hydrogen-bond acceptors (Lipinski definition) is 3. The number of anilines is 1. The molecule has 0 saturated carbocycles. The fourth-order valence-electron chi connectivity index (χ4n) is 2.47. The van der Waals surface area contributed by atoms with Gasteiger partial charge in [0.15, 0.2) is 0 Å². The Balaban J connectivity index is 1.89. The summed E-state index contributed by atoms with van der Waals surface area (Å²) in [5.74, 6) is 0.767. The molecule has 1 saturated heterocycles. The van der Waals surface area contributed by atoms with Crippen LogP contribution in [0.1, 0.15) is 30.6 Å². The highest BCUT2D eigenvalue weighted by atomic mass is 35.5. The third-order valence-electron chi connectivity index (χ3n) is 3.93. The van der Waals surface area contributed by atoms with E-state index >= 15 is 0 Å². The van der Waals surface area contributed by atoms with Gasteiger partial charge in [-0.25, -0.2) is 0 Å². The second-order valence-electron chi connectivity index (χ2n) is 6.05. The zero-order valence-electron chi connectivity index (χ0n) is 12.8. The average molecular weight is 310 g/mol. The van der Waals surface area contributed by atoms with E-state index in [-0.39, 0.29) is 5.91 Å². The molecule has 5 heteroatoms. The summed E-state index contributed by atoms with van der Waals surface area (Å²) < 4.78 is 0. The smallest absolute Gasteiger partial charge is 0.254 e. The second-order valence-corrected chi connectivity index (χ2v) is 6.46. The predicted molar refractivity (Wildman–Crippen MR) is 87.7 cm³/mol. The van der Waals surface area contributed by atoms with E-state index in [1.807, 2.05) is 4.90 Å². The van der Waals surface area contributed by atoms with E-state index in [9.17, 15) is 4.79 Å². The van der Waals surface area contributed by atoms with Crippen molar-refractivity contribution in [2.75, 3.05) is 38.5 Å². The van der Waals surface area contributed by atoms with E-state index in [1.54, 1.807) is 18.2 Å². The third kappa shape index (κ3) is 4.35. The van der Waals surface area contributed by atoms with Crippen molar-refractivity contribution >= 4 is 23.2 Å². The van der Waals surface area contributed by atoms with E-state index in [2.05, 4.69) is 18.7 Å². The largest absolute Gasteiger partial charge is 0.398 e. The van der Waals surface area contributed by atoms with E-state index in [4.69, 9.17) is 17.3 Å². The van der Waals surface area contributed by atoms with Crippen LogP contribution in [0.15, 0.2) is 18.2 Å². The Morgan fingerprint density at radius 2 is 1.95 bits per heavy atom. The summed E-state index contributed by atoms with van der Waals surface area (Å²) in [4.78, 5) is 16.8. The number of hydrogen-bond donors (Lipinski definition) is 1. The number of nitrogens with zero attached hydrogens (tertiary/aromatic N) is 2. The molecule has 1 heterocycles. The summed E-state index contributed by atoms with van der Waals surface area (Å²) in [5.41, 5.74) is 6.84. The summed E-state index contributed by atoms with van der Waals surface area (Å²) in [5, 5.41) is 0.491. The second kappa shape index (κ2) is 7.14. The first-order chi connectivity index (χ1) is 9.97. The Labute approximate surface area is 131 Å². The number of rotatable bonds is 4. The number of benzene rings is 1. The maximum atomic E-state index is 12.4. The molecule has 1 aliphatic rings. The number of piperazine rings is 1. The highest BCUT2D eigenvalue weighted by Crippen LogP contribution is 2.20. The van der Waals surface area contributed by atoms with Crippen molar-refractivity contribution in [1.82, 2.24) is 9.80 Å². The molecule has 21 heavy (non-hydrogen) atoms. The van der Waals surface area contributed by atoms with Crippen molar-refractivity contribution in [3.05, 3.63) is 28.8 Å². The van der Waals surface area contributed by atoms with Gasteiger partial charge >= 0.3 is 0 Å². The van der Waals surface area contributed by atoms with Crippen molar-refractivity contribution in [2.45, 2.75) is 20.3 Å². The van der Waals surface area contributed by atoms with Crippen LogP contribution in [0.25, 0.3) is 0 Å². The molecule has 2 rings (SSSR count). The zero-order valence-corrected chi connectivity index (χ0v) is 13.6. The first-order valence-electron chi connectivity index (χ1n) is 7.54. The molecule has 0 bridgehead atoms. The average Bonchev–Trinajstić information content (AvgIpc) is 2.48. The molecule has 1 aromatic rings. The molecule has 2 N–H and O–H groups in total. The van der Waals surface area contributed by atoms with Gasteiger partial charge in [0.2, 0.25) is 0 Å². The molecular formula is C16H24ClN3O. The Morgan fingerprint density at radius 1 is 1.29 bits per heavy atom. The molecule has 1 amide bonds. The van der Waals surface area contributed by atoms with Gasteiger partial charge in [0, 0.05) is 31.7 Å². The Morgan fingerprint density at radius 3 is 2.52 bits per heavy atom. The van der Waals surface area contributed by atoms with Gasteiger partial charge in [-0.05, 0) is 37.1 Å². The summed E-state index contributed by atoms with van der Waals surface area (Å²) in [6.45, 7) is 9.05. The van der Waals surface area contributed by atoms with Crippen LogP contribution < -0.4 is 5.73 Å². The lowest BCUT2D eigenvalue weighted by molar-refractivity contribution is 0.0632. The minimum Gasteiger partial charge on any atom is -0.398 e. The number of carbonyl (C=O) groups is 1. The van der Waals surface area contributed by atoms with Crippen LogP contribution in [0.4, 0.5) is 5.69 Å². The molecule has 4 nitrogen and oxygen atoms in total. The first kappa shape index (κ1) is 16.1. The Bertz CT molecular complexity index is 496. The molecular weight excluding hydrogens is 286 g/mol. The van der Waals surface area contributed by atoms with Crippen LogP contribution in [0, 0.1) is 5.92 Å². The standard InChI is InChI=1S/C16H24ClN3O/c1-12(2)5-6-19-7-9-20(10-8-19)16(21)13-3-4-14(17)15(18)11-13/h3-4,11-12H,5-10,18H2,1-2H3. The molecule has 0 radical (unpaired) electrons. The van der Waals surface area contributed by atoms with Crippen molar-refractivity contribution in [2.24, 2.45) is 5.92 Å². The van der Waals surface area contributed by atoms with Crippen LogP contribution >= 0.6 is 11.6 Å². The van der Waals surface area contributed by atoms with Gasteiger partial charge in [0.25, 0.3) is 5.91 Å². The molecule has 0 spiro atoms. The lowest BCUT2D eigenvalue weighted by atomic mass is 10.1. The van der Waals surface area contributed by atoms with E-state index in [0.29, 0.717) is 16.3 Å². The maximum absolute atomic E-state index is 12.4. The molecule has 0 aromatic heterocycles. The molecule has 1 fully saturated rings. The molecule has 1 aliphatic heterocycles. The number of amides is 1. The van der Waals surface area contributed by atoms with Gasteiger partial charge in [-0.15, -0.1) is 0 Å². The lowest BCUT2D eigenvalue weighted by Crippen LogP contribution is -2.49. The minimum atomic E-state index is 0.0434. The quantitative estimate of drug-likeness (QED) is 0.870. The van der Waals surface area contributed by atoms with E-state index in [0.717, 1.165) is 38.6 Å². The normalized spacial score (nSPS) is 16.5.